The molecule has 1 heterocycles. The zero-order chi connectivity index (χ0) is 21.3. The van der Waals surface area contributed by atoms with Gasteiger partial charge >= 0.3 is 12.0 Å². The lowest BCUT2D eigenvalue weighted by atomic mass is 10.1. The van der Waals surface area contributed by atoms with E-state index in [0.29, 0.717) is 6.54 Å². The molecule has 1 aromatic carbocycles. The van der Waals surface area contributed by atoms with Gasteiger partial charge in [-0.15, -0.1) is 0 Å². The molecule has 3 amide bonds. The minimum atomic E-state index is -3.99. The molecule has 28 heavy (non-hydrogen) atoms. The van der Waals surface area contributed by atoms with E-state index in [4.69, 9.17) is 16.3 Å². The molecule has 0 aliphatic carbocycles. The van der Waals surface area contributed by atoms with Gasteiger partial charge in [0.1, 0.15) is 4.90 Å². The summed E-state index contributed by atoms with van der Waals surface area (Å²) in [6.07, 6.45) is -1.22. The Hall–Kier alpha value is -2.17. The maximum absolute atomic E-state index is 12.5. The van der Waals surface area contributed by atoms with E-state index in [1.54, 1.807) is 20.8 Å². The molecule has 11 heteroatoms. The highest BCUT2D eigenvalue weighted by Crippen LogP contribution is 2.24. The summed E-state index contributed by atoms with van der Waals surface area (Å²) >= 11 is 6.00. The van der Waals surface area contributed by atoms with Crippen molar-refractivity contribution in [3.05, 3.63) is 28.8 Å². The van der Waals surface area contributed by atoms with Gasteiger partial charge in [-0.1, -0.05) is 11.6 Å². The van der Waals surface area contributed by atoms with Crippen LogP contribution in [0.2, 0.25) is 5.02 Å². The van der Waals surface area contributed by atoms with Crippen molar-refractivity contribution < 1.29 is 27.5 Å². The Labute approximate surface area is 168 Å². The molecule has 2 N–H and O–H groups in total. The highest BCUT2D eigenvalue weighted by atomic mass is 35.5. The molecule has 0 aromatic heterocycles. The molecule has 1 saturated heterocycles. The Bertz CT molecular complexity index is 910. The summed E-state index contributed by atoms with van der Waals surface area (Å²) in [5.74, 6) is -1.58. The van der Waals surface area contributed by atoms with Crippen LogP contribution in [0.5, 0.6) is 0 Å². The van der Waals surface area contributed by atoms with Gasteiger partial charge in [0.05, 0.1) is 10.6 Å². The summed E-state index contributed by atoms with van der Waals surface area (Å²) in [5, 5.41) is 2.41. The van der Waals surface area contributed by atoms with E-state index >= 15 is 0 Å². The molecular weight excluding hydrogens is 410 g/mol. The summed E-state index contributed by atoms with van der Waals surface area (Å²) in [6, 6.07) is 3.08. The van der Waals surface area contributed by atoms with Gasteiger partial charge in [0, 0.05) is 18.6 Å². The highest BCUT2D eigenvalue weighted by molar-refractivity contribution is 7.89. The highest BCUT2D eigenvalue weighted by Gasteiger charge is 2.32. The van der Waals surface area contributed by atoms with Crippen LogP contribution in [0.3, 0.4) is 0 Å². The first-order chi connectivity index (χ1) is 12.8. The minimum Gasteiger partial charge on any atom is -0.449 e. The monoisotopic (exact) mass is 431 g/mol. The average Bonchev–Trinajstić information content (AvgIpc) is 2.97. The first kappa shape index (κ1) is 22.1. The number of esters is 1. The molecule has 0 unspecified atom stereocenters. The van der Waals surface area contributed by atoms with Crippen molar-refractivity contribution in [1.82, 2.24) is 14.9 Å². The summed E-state index contributed by atoms with van der Waals surface area (Å²) in [6.45, 7) is 6.83. The Kier molecular flexibility index (Phi) is 6.37. The fraction of sp³-hybridized carbons (Fsp3) is 0.471. The third kappa shape index (κ3) is 5.21. The van der Waals surface area contributed by atoms with Crippen LogP contribution in [0, 0.1) is 0 Å². The second-order valence-electron chi connectivity index (χ2n) is 7.27. The number of imide groups is 1. The van der Waals surface area contributed by atoms with Gasteiger partial charge in [0.25, 0.3) is 5.91 Å². The lowest BCUT2D eigenvalue weighted by molar-refractivity contribution is -0.136. The molecule has 1 fully saturated rings. The maximum atomic E-state index is 12.5. The third-order valence-corrected chi connectivity index (χ3v) is 5.89. The van der Waals surface area contributed by atoms with Crippen LogP contribution in [0.15, 0.2) is 23.1 Å². The number of nitrogens with one attached hydrogen (secondary N) is 2. The SMILES string of the molecule is C[C@H](OC(=O)c1ccc(Cl)c(S(=O)(=O)NC(C)(C)C)c1)C(=O)N1CCNC1=O. The first-order valence-electron chi connectivity index (χ1n) is 8.45. The van der Waals surface area contributed by atoms with Crippen molar-refractivity contribution in [1.29, 1.82) is 0 Å². The van der Waals surface area contributed by atoms with Crippen LogP contribution in [0.25, 0.3) is 0 Å². The van der Waals surface area contributed by atoms with E-state index in [0.717, 1.165) is 11.0 Å². The van der Waals surface area contributed by atoms with Crippen molar-refractivity contribution in [3.8, 4) is 0 Å². The molecule has 9 nitrogen and oxygen atoms in total. The molecule has 0 saturated carbocycles. The van der Waals surface area contributed by atoms with Crippen molar-refractivity contribution in [2.45, 2.75) is 44.2 Å². The van der Waals surface area contributed by atoms with Gasteiger partial charge in [0.2, 0.25) is 10.0 Å². The van der Waals surface area contributed by atoms with E-state index in [1.165, 1.54) is 19.1 Å². The minimum absolute atomic E-state index is 0.0637. The van der Waals surface area contributed by atoms with Gasteiger partial charge < -0.3 is 10.1 Å². The van der Waals surface area contributed by atoms with Crippen molar-refractivity contribution >= 4 is 39.5 Å². The van der Waals surface area contributed by atoms with Crippen molar-refractivity contribution in [2.75, 3.05) is 13.1 Å². The lowest BCUT2D eigenvalue weighted by Gasteiger charge is -2.21. The smallest absolute Gasteiger partial charge is 0.338 e. The van der Waals surface area contributed by atoms with E-state index < -0.39 is 39.6 Å². The molecule has 0 bridgehead atoms. The Morgan fingerprint density at radius 3 is 2.50 bits per heavy atom. The lowest BCUT2D eigenvalue weighted by Crippen LogP contribution is -2.42. The van der Waals surface area contributed by atoms with Crippen LogP contribution in [0.1, 0.15) is 38.1 Å². The molecule has 154 valence electrons. The van der Waals surface area contributed by atoms with Crippen LogP contribution in [-0.2, 0) is 19.6 Å². The number of amides is 3. The number of nitrogens with zero attached hydrogens (tertiary/aromatic N) is 1. The maximum Gasteiger partial charge on any atom is 0.338 e. The number of carbonyl (C=O) groups excluding carboxylic acids is 3. The van der Waals surface area contributed by atoms with E-state index in [-0.39, 0.29) is 22.0 Å². The standard InChI is InChI=1S/C17H22ClN3O6S/c1-10(14(22)21-8-7-19-16(21)24)27-15(23)11-5-6-12(18)13(9-11)28(25,26)20-17(2,3)4/h5-6,9-10,20H,7-8H2,1-4H3,(H,19,24)/t10-/m0/s1. The first-order valence-corrected chi connectivity index (χ1v) is 10.3. The van der Waals surface area contributed by atoms with Crippen molar-refractivity contribution in [2.24, 2.45) is 0 Å². The molecule has 2 rings (SSSR count). The molecule has 1 aliphatic heterocycles. The normalized spacial score (nSPS) is 15.9. The number of hydrogen-bond donors (Lipinski definition) is 2. The van der Waals surface area contributed by atoms with Crippen LogP contribution in [-0.4, -0.2) is 56.0 Å². The molecule has 0 radical (unpaired) electrons. The topological polar surface area (TPSA) is 122 Å². The van der Waals surface area contributed by atoms with Gasteiger partial charge in [0.15, 0.2) is 6.10 Å². The van der Waals surface area contributed by atoms with Gasteiger partial charge in [-0.25, -0.2) is 22.7 Å². The molecule has 1 aromatic rings. The predicted molar refractivity (Wildman–Crippen MR) is 102 cm³/mol. The number of benzene rings is 1. The summed E-state index contributed by atoms with van der Waals surface area (Å²) in [5.41, 5.74) is -0.847. The number of sulfonamides is 1. The molecular formula is C17H22ClN3O6S. The molecule has 1 aliphatic rings. The van der Waals surface area contributed by atoms with Gasteiger partial charge in [-0.2, -0.15) is 0 Å². The Balaban J connectivity index is 2.20. The summed E-state index contributed by atoms with van der Waals surface area (Å²) in [4.78, 5) is 36.8. The van der Waals surface area contributed by atoms with E-state index in [9.17, 15) is 22.8 Å². The number of rotatable bonds is 5. The Morgan fingerprint density at radius 2 is 1.96 bits per heavy atom. The van der Waals surface area contributed by atoms with Crippen LogP contribution >= 0.6 is 11.6 Å². The number of carbonyl (C=O) groups is 3. The quantitative estimate of drug-likeness (QED) is 0.681. The van der Waals surface area contributed by atoms with E-state index in [1.807, 2.05) is 0 Å². The second kappa shape index (κ2) is 8.06. The fourth-order valence-electron chi connectivity index (χ4n) is 2.47. The number of hydrogen-bond acceptors (Lipinski definition) is 6. The predicted octanol–water partition coefficient (Wildman–Crippen LogP) is 1.51. The number of halogens is 1. The van der Waals surface area contributed by atoms with Crippen molar-refractivity contribution in [3.63, 3.8) is 0 Å². The number of urea groups is 1. The Morgan fingerprint density at radius 1 is 1.32 bits per heavy atom. The van der Waals surface area contributed by atoms with E-state index in [2.05, 4.69) is 10.0 Å². The summed E-state index contributed by atoms with van der Waals surface area (Å²) < 4.78 is 32.6. The average molecular weight is 432 g/mol. The zero-order valence-electron chi connectivity index (χ0n) is 15.9. The number of ether oxygens (including phenoxy) is 1. The third-order valence-electron chi connectivity index (χ3n) is 3.65. The second-order valence-corrected chi connectivity index (χ2v) is 9.33. The summed E-state index contributed by atoms with van der Waals surface area (Å²) in [7, 11) is -3.99. The van der Waals surface area contributed by atoms with Gasteiger partial charge in [-0.05, 0) is 45.9 Å². The fourth-order valence-corrected chi connectivity index (χ4v) is 4.42. The largest absolute Gasteiger partial charge is 0.449 e. The van der Waals surface area contributed by atoms with Gasteiger partial charge in [-0.3, -0.25) is 9.69 Å². The van der Waals surface area contributed by atoms with Crippen LogP contribution in [0.4, 0.5) is 4.79 Å². The van der Waals surface area contributed by atoms with Crippen LogP contribution < -0.4 is 10.0 Å². The molecule has 1 atom stereocenters. The molecule has 0 spiro atoms. The zero-order valence-corrected chi connectivity index (χ0v) is 17.5.